The van der Waals surface area contributed by atoms with Gasteiger partial charge in [-0.05, 0) is 25.0 Å². The second-order valence-corrected chi connectivity index (χ2v) is 6.82. The van der Waals surface area contributed by atoms with E-state index in [0.29, 0.717) is 35.7 Å². The highest BCUT2D eigenvalue weighted by Crippen LogP contribution is 2.29. The maximum absolute atomic E-state index is 12.9. The van der Waals surface area contributed by atoms with Gasteiger partial charge in [0.05, 0.1) is 5.56 Å². The predicted octanol–water partition coefficient (Wildman–Crippen LogP) is 2.10. The van der Waals surface area contributed by atoms with Crippen LogP contribution in [0.25, 0.3) is 0 Å². The number of alkyl halides is 3. The van der Waals surface area contributed by atoms with Crippen LogP contribution in [0.2, 0.25) is 5.02 Å². The summed E-state index contributed by atoms with van der Waals surface area (Å²) in [7, 11) is 0. The molecule has 0 bridgehead atoms. The van der Waals surface area contributed by atoms with Crippen molar-refractivity contribution in [3.63, 3.8) is 0 Å². The van der Waals surface area contributed by atoms with Crippen molar-refractivity contribution in [1.29, 1.82) is 0 Å². The summed E-state index contributed by atoms with van der Waals surface area (Å²) in [6.07, 6.45) is 0.655. The third kappa shape index (κ3) is 4.80. The van der Waals surface area contributed by atoms with E-state index in [-0.39, 0.29) is 6.04 Å². The maximum Gasteiger partial charge on any atom is 0.417 e. The van der Waals surface area contributed by atoms with Gasteiger partial charge >= 0.3 is 6.18 Å². The average Bonchev–Trinajstić information content (AvgIpc) is 2.65. The Morgan fingerprint density at radius 3 is 2.71 bits per heavy atom. The van der Waals surface area contributed by atoms with Crippen LogP contribution in [0.4, 0.5) is 19.1 Å². The standard InChI is InChI=1S/C17H17ClF3N5O2/c18-13-7-11(17(19,20)21)8-26(15(13)28)10-14(27)24-12-3-1-6-25(9-12)16-22-4-2-5-23-16/h2,4-5,7-8,12H,1,3,6,9-10H2,(H,24,27)/t12-/m1/s1. The molecule has 0 aliphatic carbocycles. The average molecular weight is 416 g/mol. The highest BCUT2D eigenvalue weighted by atomic mass is 35.5. The molecular formula is C17H17ClF3N5O2. The molecule has 1 fully saturated rings. The van der Waals surface area contributed by atoms with E-state index in [1.54, 1.807) is 18.5 Å². The molecule has 150 valence electrons. The fourth-order valence-electron chi connectivity index (χ4n) is 3.03. The molecule has 1 N–H and O–H groups in total. The van der Waals surface area contributed by atoms with Crippen molar-refractivity contribution < 1.29 is 18.0 Å². The summed E-state index contributed by atoms with van der Waals surface area (Å²) in [5, 5.41) is 2.16. The molecule has 0 spiro atoms. The zero-order chi connectivity index (χ0) is 20.3. The third-order valence-corrected chi connectivity index (χ3v) is 4.58. The summed E-state index contributed by atoms with van der Waals surface area (Å²) in [5.41, 5.74) is -1.94. The molecule has 1 aliphatic heterocycles. The summed E-state index contributed by atoms with van der Waals surface area (Å²) in [5.74, 6) is -0.0272. The number of nitrogens with one attached hydrogen (secondary N) is 1. The van der Waals surface area contributed by atoms with E-state index < -0.39 is 34.8 Å². The van der Waals surface area contributed by atoms with Crippen LogP contribution in [-0.4, -0.2) is 39.6 Å². The highest BCUT2D eigenvalue weighted by Gasteiger charge is 2.32. The van der Waals surface area contributed by atoms with Gasteiger partial charge in [0.25, 0.3) is 5.56 Å². The normalized spacial score (nSPS) is 17.4. The molecule has 1 aliphatic rings. The topological polar surface area (TPSA) is 80.1 Å². The van der Waals surface area contributed by atoms with Crippen LogP contribution < -0.4 is 15.8 Å². The number of carbonyl (C=O) groups is 1. The molecule has 0 saturated carbocycles. The van der Waals surface area contributed by atoms with E-state index in [0.717, 1.165) is 13.0 Å². The Morgan fingerprint density at radius 2 is 2.04 bits per heavy atom. The van der Waals surface area contributed by atoms with Gasteiger partial charge < -0.3 is 14.8 Å². The van der Waals surface area contributed by atoms with Crippen LogP contribution in [0.5, 0.6) is 0 Å². The van der Waals surface area contributed by atoms with Gasteiger partial charge in [0.1, 0.15) is 11.6 Å². The van der Waals surface area contributed by atoms with Gasteiger partial charge in [-0.25, -0.2) is 9.97 Å². The number of rotatable bonds is 4. The molecule has 28 heavy (non-hydrogen) atoms. The lowest BCUT2D eigenvalue weighted by molar-refractivity contribution is -0.138. The lowest BCUT2D eigenvalue weighted by Gasteiger charge is -2.33. The third-order valence-electron chi connectivity index (χ3n) is 4.31. The van der Waals surface area contributed by atoms with Crippen molar-refractivity contribution in [2.45, 2.75) is 31.6 Å². The summed E-state index contributed by atoms with van der Waals surface area (Å²) < 4.78 is 39.4. The van der Waals surface area contributed by atoms with Crippen molar-refractivity contribution in [2.75, 3.05) is 18.0 Å². The van der Waals surface area contributed by atoms with Crippen LogP contribution >= 0.6 is 11.6 Å². The molecule has 3 rings (SSSR count). The Hall–Kier alpha value is -2.62. The molecule has 2 aromatic heterocycles. The van der Waals surface area contributed by atoms with Crippen molar-refractivity contribution in [3.05, 3.63) is 51.7 Å². The number of anilines is 1. The first-order valence-corrected chi connectivity index (χ1v) is 8.90. The smallest absolute Gasteiger partial charge is 0.350 e. The number of aromatic nitrogens is 3. The summed E-state index contributed by atoms with van der Waals surface area (Å²) in [4.78, 5) is 34.5. The van der Waals surface area contributed by atoms with E-state index in [9.17, 15) is 22.8 Å². The Kier molecular flexibility index (Phi) is 5.87. The minimum Gasteiger partial charge on any atom is -0.350 e. The molecule has 2 aromatic rings. The summed E-state index contributed by atoms with van der Waals surface area (Å²) in [6, 6.07) is 2.02. The van der Waals surface area contributed by atoms with Crippen molar-refractivity contribution in [3.8, 4) is 0 Å². The second-order valence-electron chi connectivity index (χ2n) is 6.41. The molecule has 7 nitrogen and oxygen atoms in total. The molecule has 0 aromatic carbocycles. The number of hydrogen-bond acceptors (Lipinski definition) is 5. The quantitative estimate of drug-likeness (QED) is 0.827. The fraction of sp³-hybridized carbons (Fsp3) is 0.412. The molecule has 0 unspecified atom stereocenters. The van der Waals surface area contributed by atoms with Crippen LogP contribution in [0.1, 0.15) is 18.4 Å². The zero-order valence-electron chi connectivity index (χ0n) is 14.6. The monoisotopic (exact) mass is 415 g/mol. The first-order valence-electron chi connectivity index (χ1n) is 8.52. The van der Waals surface area contributed by atoms with Crippen LogP contribution in [-0.2, 0) is 17.5 Å². The number of amides is 1. The molecule has 0 radical (unpaired) electrons. The van der Waals surface area contributed by atoms with Gasteiger partial charge in [-0.3, -0.25) is 9.59 Å². The first-order chi connectivity index (χ1) is 13.2. The Labute approximate surface area is 163 Å². The van der Waals surface area contributed by atoms with Gasteiger partial charge in [-0.15, -0.1) is 0 Å². The molecule has 1 amide bonds. The minimum absolute atomic E-state index is 0.234. The Morgan fingerprint density at radius 1 is 1.32 bits per heavy atom. The lowest BCUT2D eigenvalue weighted by atomic mass is 10.1. The number of carbonyl (C=O) groups excluding carboxylic acids is 1. The SMILES string of the molecule is O=C(Cn1cc(C(F)(F)F)cc(Cl)c1=O)N[C@@H]1CCCN(c2ncccn2)C1. The highest BCUT2D eigenvalue weighted by molar-refractivity contribution is 6.30. The summed E-state index contributed by atoms with van der Waals surface area (Å²) in [6.45, 7) is 0.647. The van der Waals surface area contributed by atoms with E-state index in [2.05, 4.69) is 15.3 Å². The zero-order valence-corrected chi connectivity index (χ0v) is 15.4. The van der Waals surface area contributed by atoms with Gasteiger partial charge in [-0.1, -0.05) is 11.6 Å². The lowest BCUT2D eigenvalue weighted by Crippen LogP contribution is -2.49. The fourth-order valence-corrected chi connectivity index (χ4v) is 3.26. The van der Waals surface area contributed by atoms with Gasteiger partial charge in [-0.2, -0.15) is 13.2 Å². The molecule has 3 heterocycles. The number of halogens is 4. The van der Waals surface area contributed by atoms with E-state index in [1.165, 1.54) is 0 Å². The van der Waals surface area contributed by atoms with Crippen molar-refractivity contribution >= 4 is 23.5 Å². The molecule has 1 saturated heterocycles. The predicted molar refractivity (Wildman–Crippen MR) is 96.1 cm³/mol. The number of hydrogen-bond donors (Lipinski definition) is 1. The molecule has 11 heteroatoms. The largest absolute Gasteiger partial charge is 0.417 e. The van der Waals surface area contributed by atoms with Gasteiger partial charge in [0, 0.05) is 37.7 Å². The second kappa shape index (κ2) is 8.17. The minimum atomic E-state index is -4.67. The summed E-state index contributed by atoms with van der Waals surface area (Å²) >= 11 is 5.60. The first kappa shape index (κ1) is 20.1. The van der Waals surface area contributed by atoms with Crippen molar-refractivity contribution in [1.82, 2.24) is 19.9 Å². The van der Waals surface area contributed by atoms with Crippen LogP contribution in [0.15, 0.2) is 35.5 Å². The van der Waals surface area contributed by atoms with E-state index in [1.807, 2.05) is 4.90 Å². The number of pyridine rings is 1. The Bertz CT molecular complexity index is 904. The van der Waals surface area contributed by atoms with Crippen LogP contribution in [0.3, 0.4) is 0 Å². The van der Waals surface area contributed by atoms with Gasteiger partial charge in [0.15, 0.2) is 0 Å². The van der Waals surface area contributed by atoms with Gasteiger partial charge in [0.2, 0.25) is 11.9 Å². The number of nitrogens with zero attached hydrogens (tertiary/aromatic N) is 4. The Balaban J connectivity index is 1.67. The maximum atomic E-state index is 12.9. The van der Waals surface area contributed by atoms with Crippen LogP contribution in [0, 0.1) is 0 Å². The molecule has 1 atom stereocenters. The van der Waals surface area contributed by atoms with Crippen molar-refractivity contribution in [2.24, 2.45) is 0 Å². The van der Waals surface area contributed by atoms with E-state index >= 15 is 0 Å². The number of piperidine rings is 1. The van der Waals surface area contributed by atoms with E-state index in [4.69, 9.17) is 11.6 Å². The molecular weight excluding hydrogens is 399 g/mol.